The van der Waals surface area contributed by atoms with E-state index in [0.717, 1.165) is 27.5 Å². The van der Waals surface area contributed by atoms with Crippen LogP contribution in [-0.2, 0) is 4.79 Å². The molecule has 0 bridgehead atoms. The predicted molar refractivity (Wildman–Crippen MR) is 101 cm³/mol. The fourth-order valence-electron chi connectivity index (χ4n) is 2.95. The largest absolute Gasteiger partial charge is 0.468 e. The maximum absolute atomic E-state index is 12.1. The van der Waals surface area contributed by atoms with Gasteiger partial charge in [0.25, 0.3) is 0 Å². The van der Waals surface area contributed by atoms with Crippen LogP contribution in [0.1, 0.15) is 35.9 Å². The minimum absolute atomic E-state index is 0.0758. The molecule has 2 aromatic heterocycles. The van der Waals surface area contributed by atoms with Crippen molar-refractivity contribution in [3.63, 3.8) is 0 Å². The summed E-state index contributed by atoms with van der Waals surface area (Å²) in [6.45, 7) is 2.67. The summed E-state index contributed by atoms with van der Waals surface area (Å²) >= 11 is 5.02. The highest BCUT2D eigenvalue weighted by molar-refractivity contribution is 9.11. The Kier molecular flexibility index (Phi) is 6.29. The highest BCUT2D eigenvalue weighted by Crippen LogP contribution is 2.25. The Morgan fingerprint density at radius 3 is 2.83 bits per heavy atom. The lowest BCUT2D eigenvalue weighted by molar-refractivity contribution is -0.116. The molecule has 4 nitrogen and oxygen atoms in total. The number of nitrogens with zero attached hydrogens (tertiary/aromatic N) is 1. The zero-order chi connectivity index (χ0) is 16.8. The monoisotopic (exact) mass is 408 g/mol. The van der Waals surface area contributed by atoms with Crippen LogP contribution in [0.3, 0.4) is 0 Å². The van der Waals surface area contributed by atoms with Gasteiger partial charge in [-0.05, 0) is 72.2 Å². The van der Waals surface area contributed by atoms with Crippen LogP contribution in [0.5, 0.6) is 0 Å². The molecule has 0 saturated carbocycles. The van der Waals surface area contributed by atoms with E-state index < -0.39 is 0 Å². The summed E-state index contributed by atoms with van der Waals surface area (Å²) in [7, 11) is 0. The fourth-order valence-corrected chi connectivity index (χ4v) is 4.28. The highest BCUT2D eigenvalue weighted by atomic mass is 79.9. The van der Waals surface area contributed by atoms with Crippen molar-refractivity contribution in [2.75, 3.05) is 19.6 Å². The van der Waals surface area contributed by atoms with Crippen molar-refractivity contribution in [3.8, 4) is 0 Å². The summed E-state index contributed by atoms with van der Waals surface area (Å²) in [5.41, 5.74) is 0. The van der Waals surface area contributed by atoms with Crippen LogP contribution >= 0.6 is 27.3 Å². The molecule has 1 saturated heterocycles. The molecule has 1 unspecified atom stereocenters. The number of nitrogens with one attached hydrogen (secondary N) is 1. The molecule has 2 aromatic rings. The Morgan fingerprint density at radius 2 is 2.17 bits per heavy atom. The zero-order valence-electron chi connectivity index (χ0n) is 13.4. The number of furan rings is 1. The van der Waals surface area contributed by atoms with E-state index in [4.69, 9.17) is 4.42 Å². The number of carbonyl (C=O) groups excluding carboxylic acids is 1. The number of thiophene rings is 1. The third-order valence-corrected chi connectivity index (χ3v) is 5.75. The molecule has 0 aliphatic carbocycles. The van der Waals surface area contributed by atoms with E-state index in [2.05, 4.69) is 26.1 Å². The lowest BCUT2D eigenvalue weighted by Gasteiger charge is -2.33. The van der Waals surface area contributed by atoms with Crippen LogP contribution < -0.4 is 5.32 Å². The van der Waals surface area contributed by atoms with E-state index in [1.54, 1.807) is 23.7 Å². The van der Waals surface area contributed by atoms with Gasteiger partial charge in [-0.25, -0.2) is 0 Å². The number of halogens is 1. The molecule has 24 heavy (non-hydrogen) atoms. The van der Waals surface area contributed by atoms with Crippen molar-refractivity contribution in [1.29, 1.82) is 0 Å². The number of hydrogen-bond acceptors (Lipinski definition) is 4. The highest BCUT2D eigenvalue weighted by Gasteiger charge is 2.24. The summed E-state index contributed by atoms with van der Waals surface area (Å²) in [5.74, 6) is 0.844. The summed E-state index contributed by atoms with van der Waals surface area (Å²) in [4.78, 5) is 15.6. The molecule has 1 atom stereocenters. The van der Waals surface area contributed by atoms with E-state index in [1.807, 2.05) is 30.3 Å². The average Bonchev–Trinajstić information content (AvgIpc) is 3.26. The molecule has 3 rings (SSSR count). The van der Waals surface area contributed by atoms with Gasteiger partial charge in [0.2, 0.25) is 5.91 Å². The van der Waals surface area contributed by atoms with Gasteiger partial charge in [-0.1, -0.05) is 6.42 Å². The van der Waals surface area contributed by atoms with Crippen molar-refractivity contribution in [2.24, 2.45) is 0 Å². The minimum Gasteiger partial charge on any atom is -0.468 e. The molecule has 1 aliphatic heterocycles. The Hall–Kier alpha value is -1.37. The Labute approximate surface area is 154 Å². The van der Waals surface area contributed by atoms with E-state index in [-0.39, 0.29) is 11.9 Å². The van der Waals surface area contributed by atoms with E-state index in [1.165, 1.54) is 19.3 Å². The summed E-state index contributed by atoms with van der Waals surface area (Å²) in [6.07, 6.45) is 8.83. The first-order valence-corrected chi connectivity index (χ1v) is 9.82. The van der Waals surface area contributed by atoms with E-state index >= 15 is 0 Å². The first-order chi connectivity index (χ1) is 11.7. The van der Waals surface area contributed by atoms with E-state index in [0.29, 0.717) is 6.54 Å². The number of rotatable bonds is 6. The van der Waals surface area contributed by atoms with Crippen molar-refractivity contribution in [2.45, 2.75) is 25.3 Å². The molecule has 6 heteroatoms. The van der Waals surface area contributed by atoms with Crippen LogP contribution in [0.4, 0.5) is 0 Å². The third-order valence-electron chi connectivity index (χ3n) is 4.17. The summed E-state index contributed by atoms with van der Waals surface area (Å²) < 4.78 is 6.66. The van der Waals surface area contributed by atoms with Gasteiger partial charge in [0.05, 0.1) is 16.1 Å². The Morgan fingerprint density at radius 1 is 1.33 bits per heavy atom. The van der Waals surface area contributed by atoms with Gasteiger partial charge < -0.3 is 9.73 Å². The van der Waals surface area contributed by atoms with Crippen molar-refractivity contribution in [1.82, 2.24) is 10.2 Å². The first kappa shape index (κ1) is 17.5. The first-order valence-electron chi connectivity index (χ1n) is 8.21. The van der Waals surface area contributed by atoms with E-state index in [9.17, 15) is 4.79 Å². The van der Waals surface area contributed by atoms with Gasteiger partial charge in [-0.15, -0.1) is 11.3 Å². The Balaban J connectivity index is 1.58. The smallest absolute Gasteiger partial charge is 0.244 e. The number of carbonyl (C=O) groups is 1. The predicted octanol–water partition coefficient (Wildman–Crippen LogP) is 4.46. The summed E-state index contributed by atoms with van der Waals surface area (Å²) in [5, 5.41) is 3.01. The standard InChI is InChI=1S/C18H21BrN2O2S/c19-17-8-6-14(24-17)7-9-18(22)20-13-15(16-5-4-12-23-16)21-10-2-1-3-11-21/h4-9,12,15H,1-3,10-11,13H2,(H,20,22)/b9-7+. The second-order valence-electron chi connectivity index (χ2n) is 5.85. The molecule has 1 fully saturated rings. The SMILES string of the molecule is O=C(/C=C/c1ccc(Br)s1)NCC(c1ccco1)N1CCCCC1. The topological polar surface area (TPSA) is 45.5 Å². The number of amides is 1. The molecule has 0 spiro atoms. The van der Waals surface area contributed by atoms with Crippen molar-refractivity contribution >= 4 is 39.2 Å². The minimum atomic E-state index is -0.0758. The van der Waals surface area contributed by atoms with Crippen molar-refractivity contribution in [3.05, 3.63) is 51.0 Å². The summed E-state index contributed by atoms with van der Waals surface area (Å²) in [6, 6.07) is 7.96. The molecule has 0 radical (unpaired) electrons. The molecule has 3 heterocycles. The maximum Gasteiger partial charge on any atom is 0.244 e. The molecule has 1 amide bonds. The van der Waals surface area contributed by atoms with Gasteiger partial charge in [-0.2, -0.15) is 0 Å². The lowest BCUT2D eigenvalue weighted by atomic mass is 10.1. The molecular weight excluding hydrogens is 388 g/mol. The van der Waals surface area contributed by atoms with Crippen molar-refractivity contribution < 1.29 is 9.21 Å². The maximum atomic E-state index is 12.1. The second kappa shape index (κ2) is 8.65. The van der Waals surface area contributed by atoms with Gasteiger partial charge in [0, 0.05) is 17.5 Å². The molecule has 128 valence electrons. The molecule has 1 aliphatic rings. The fraction of sp³-hybridized carbons (Fsp3) is 0.389. The van der Waals surface area contributed by atoms with Gasteiger partial charge in [-0.3, -0.25) is 9.69 Å². The number of likely N-dealkylation sites (tertiary alicyclic amines) is 1. The van der Waals surface area contributed by atoms with Crippen LogP contribution in [-0.4, -0.2) is 30.4 Å². The molecule has 1 N–H and O–H groups in total. The van der Waals surface area contributed by atoms with Gasteiger partial charge >= 0.3 is 0 Å². The lowest BCUT2D eigenvalue weighted by Crippen LogP contribution is -2.40. The van der Waals surface area contributed by atoms with Gasteiger partial charge in [0.1, 0.15) is 5.76 Å². The number of hydrogen-bond donors (Lipinski definition) is 1. The quantitative estimate of drug-likeness (QED) is 0.717. The second-order valence-corrected chi connectivity index (χ2v) is 8.34. The van der Waals surface area contributed by atoms with Crippen LogP contribution in [0.15, 0.2) is 44.8 Å². The normalized spacial score (nSPS) is 17.2. The van der Waals surface area contributed by atoms with Crippen LogP contribution in [0, 0.1) is 0 Å². The average molecular weight is 409 g/mol. The molecular formula is C18H21BrN2O2S. The van der Waals surface area contributed by atoms with Crippen LogP contribution in [0.25, 0.3) is 6.08 Å². The molecule has 0 aromatic carbocycles. The van der Waals surface area contributed by atoms with Crippen LogP contribution in [0.2, 0.25) is 0 Å². The number of piperidine rings is 1. The third kappa shape index (κ3) is 4.82. The Bertz CT molecular complexity index is 675. The van der Waals surface area contributed by atoms with Gasteiger partial charge in [0.15, 0.2) is 0 Å². The zero-order valence-corrected chi connectivity index (χ0v) is 15.8.